The Morgan fingerprint density at radius 1 is 1.31 bits per heavy atom. The molecule has 0 radical (unpaired) electrons. The summed E-state index contributed by atoms with van der Waals surface area (Å²) in [5.41, 5.74) is 1.12. The van der Waals surface area contributed by atoms with Crippen molar-refractivity contribution in [2.75, 3.05) is 18.4 Å². The van der Waals surface area contributed by atoms with Crippen LogP contribution in [0.1, 0.15) is 39.0 Å². The van der Waals surface area contributed by atoms with E-state index in [0.29, 0.717) is 29.5 Å². The van der Waals surface area contributed by atoms with Gasteiger partial charge >= 0.3 is 6.36 Å². The average Bonchev–Trinajstić information content (AvgIpc) is 3.11. The van der Waals surface area contributed by atoms with Gasteiger partial charge in [0.05, 0.1) is 5.69 Å². The van der Waals surface area contributed by atoms with Crippen molar-refractivity contribution in [3.8, 4) is 17.0 Å². The van der Waals surface area contributed by atoms with Gasteiger partial charge in [-0.15, -0.1) is 13.2 Å². The summed E-state index contributed by atoms with van der Waals surface area (Å²) < 4.78 is 40.5. The first-order valence-corrected chi connectivity index (χ1v) is 9.76. The van der Waals surface area contributed by atoms with Crippen molar-refractivity contribution < 1.29 is 22.7 Å². The SMILES string of the molecule is CC1CCCCN1CCCC(=O)Nc1cc(-c2ccc(OC(F)(F)F)cc2)n[nH]1. The number of ether oxygens (including phenoxy) is 1. The van der Waals surface area contributed by atoms with Gasteiger partial charge in [0.15, 0.2) is 0 Å². The highest BCUT2D eigenvalue weighted by atomic mass is 19.4. The van der Waals surface area contributed by atoms with Gasteiger partial charge in [-0.1, -0.05) is 6.42 Å². The van der Waals surface area contributed by atoms with E-state index < -0.39 is 6.36 Å². The van der Waals surface area contributed by atoms with Crippen molar-refractivity contribution in [2.24, 2.45) is 0 Å². The molecule has 2 aromatic rings. The Kier molecular flexibility index (Phi) is 6.79. The number of anilines is 1. The standard InChI is InChI=1S/C20H25F3N4O2/c1-14-5-2-3-11-27(14)12-4-6-19(28)24-18-13-17(25-26-18)15-7-9-16(10-8-15)29-20(21,22)23/h7-10,13-14H,2-6,11-12H2,1H3,(H2,24,25,26,28). The van der Waals surface area contributed by atoms with Crippen molar-refractivity contribution in [1.82, 2.24) is 15.1 Å². The summed E-state index contributed by atoms with van der Waals surface area (Å²) >= 11 is 0. The Morgan fingerprint density at radius 3 is 2.76 bits per heavy atom. The minimum Gasteiger partial charge on any atom is -0.406 e. The summed E-state index contributed by atoms with van der Waals surface area (Å²) in [4.78, 5) is 14.6. The molecule has 9 heteroatoms. The van der Waals surface area contributed by atoms with Crippen LogP contribution in [-0.4, -0.2) is 46.5 Å². The highest BCUT2D eigenvalue weighted by molar-refractivity contribution is 5.90. The van der Waals surface area contributed by atoms with Crippen molar-refractivity contribution in [3.63, 3.8) is 0 Å². The molecule has 1 amide bonds. The van der Waals surface area contributed by atoms with E-state index in [1.54, 1.807) is 6.07 Å². The Hall–Kier alpha value is -2.55. The van der Waals surface area contributed by atoms with Gasteiger partial charge < -0.3 is 15.0 Å². The van der Waals surface area contributed by atoms with Crippen LogP contribution in [0, 0.1) is 0 Å². The molecule has 1 aliphatic heterocycles. The van der Waals surface area contributed by atoms with Crippen molar-refractivity contribution >= 4 is 11.7 Å². The molecule has 2 N–H and O–H groups in total. The van der Waals surface area contributed by atoms with Crippen LogP contribution in [0.2, 0.25) is 0 Å². The zero-order chi connectivity index (χ0) is 20.9. The predicted molar refractivity (Wildman–Crippen MR) is 103 cm³/mol. The predicted octanol–water partition coefficient (Wildman–Crippen LogP) is 4.57. The lowest BCUT2D eigenvalue weighted by atomic mass is 10.0. The molecule has 2 heterocycles. The van der Waals surface area contributed by atoms with Gasteiger partial charge in [0.2, 0.25) is 5.91 Å². The van der Waals surface area contributed by atoms with E-state index >= 15 is 0 Å². The fraction of sp³-hybridized carbons (Fsp3) is 0.500. The van der Waals surface area contributed by atoms with Gasteiger partial charge in [0.25, 0.3) is 0 Å². The number of hydrogen-bond donors (Lipinski definition) is 2. The molecule has 0 saturated carbocycles. The first kappa shape index (κ1) is 21.2. The molecule has 3 rings (SSSR count). The van der Waals surface area contributed by atoms with Crippen molar-refractivity contribution in [1.29, 1.82) is 0 Å². The number of halogens is 3. The van der Waals surface area contributed by atoms with Gasteiger partial charge in [0.1, 0.15) is 11.6 Å². The molecule has 6 nitrogen and oxygen atoms in total. The largest absolute Gasteiger partial charge is 0.573 e. The summed E-state index contributed by atoms with van der Waals surface area (Å²) in [6.07, 6.45) is 0.192. The molecule has 1 aromatic heterocycles. The Balaban J connectivity index is 1.47. The van der Waals surface area contributed by atoms with Crippen LogP contribution in [0.15, 0.2) is 30.3 Å². The van der Waals surface area contributed by atoms with E-state index in [2.05, 4.69) is 32.1 Å². The summed E-state index contributed by atoms with van der Waals surface area (Å²) in [5, 5.41) is 9.60. The van der Waals surface area contributed by atoms with Gasteiger partial charge in [-0.3, -0.25) is 9.89 Å². The first-order valence-electron chi connectivity index (χ1n) is 9.76. The maximum Gasteiger partial charge on any atom is 0.573 e. The third-order valence-electron chi connectivity index (χ3n) is 5.03. The molecule has 29 heavy (non-hydrogen) atoms. The number of carbonyl (C=O) groups is 1. The van der Waals surface area contributed by atoms with E-state index in [4.69, 9.17) is 0 Å². The fourth-order valence-corrected chi connectivity index (χ4v) is 3.51. The lowest BCUT2D eigenvalue weighted by Gasteiger charge is -2.33. The van der Waals surface area contributed by atoms with Crippen LogP contribution >= 0.6 is 0 Å². The number of hydrogen-bond acceptors (Lipinski definition) is 4. The molecule has 1 aromatic carbocycles. The van der Waals surface area contributed by atoms with Crippen molar-refractivity contribution in [2.45, 2.75) is 51.4 Å². The molecular weight excluding hydrogens is 385 g/mol. The second-order valence-corrected chi connectivity index (χ2v) is 7.27. The van der Waals surface area contributed by atoms with Gasteiger partial charge in [0, 0.05) is 24.1 Å². The minimum absolute atomic E-state index is 0.0983. The number of benzene rings is 1. The fourth-order valence-electron chi connectivity index (χ4n) is 3.51. The summed E-state index contributed by atoms with van der Waals surface area (Å²) in [6.45, 7) is 4.24. The quantitative estimate of drug-likeness (QED) is 0.702. The zero-order valence-electron chi connectivity index (χ0n) is 16.3. The van der Waals surface area contributed by atoms with Crippen LogP contribution in [0.3, 0.4) is 0 Å². The number of carbonyl (C=O) groups excluding carboxylic acids is 1. The highest BCUT2D eigenvalue weighted by Gasteiger charge is 2.31. The first-order chi connectivity index (χ1) is 13.8. The highest BCUT2D eigenvalue weighted by Crippen LogP contribution is 2.26. The molecule has 0 bridgehead atoms. The second-order valence-electron chi connectivity index (χ2n) is 7.27. The molecule has 0 spiro atoms. The molecule has 0 aliphatic carbocycles. The van der Waals surface area contributed by atoms with Crippen LogP contribution in [-0.2, 0) is 4.79 Å². The Bertz CT molecular complexity index is 805. The Morgan fingerprint density at radius 2 is 2.07 bits per heavy atom. The number of H-pyrrole nitrogens is 1. The van der Waals surface area contributed by atoms with Crippen LogP contribution in [0.4, 0.5) is 19.0 Å². The summed E-state index contributed by atoms with van der Waals surface area (Å²) in [7, 11) is 0. The normalized spacial score (nSPS) is 17.9. The minimum atomic E-state index is -4.72. The number of nitrogens with zero attached hydrogens (tertiary/aromatic N) is 2. The lowest BCUT2D eigenvalue weighted by Crippen LogP contribution is -2.38. The smallest absolute Gasteiger partial charge is 0.406 e. The van der Waals surface area contributed by atoms with Gasteiger partial charge in [-0.2, -0.15) is 5.10 Å². The Labute approximate surface area is 167 Å². The lowest BCUT2D eigenvalue weighted by molar-refractivity contribution is -0.274. The average molecular weight is 410 g/mol. The van der Waals surface area contributed by atoms with Crippen molar-refractivity contribution in [3.05, 3.63) is 30.3 Å². The number of amides is 1. The van der Waals surface area contributed by atoms with Crippen LogP contribution in [0.25, 0.3) is 11.3 Å². The van der Waals surface area contributed by atoms with E-state index in [-0.39, 0.29) is 11.7 Å². The maximum absolute atomic E-state index is 12.2. The number of nitrogens with one attached hydrogen (secondary N) is 2. The number of aromatic amines is 1. The van der Waals surface area contributed by atoms with Gasteiger partial charge in [-0.05, 0) is 63.5 Å². The third-order valence-corrected chi connectivity index (χ3v) is 5.03. The molecule has 158 valence electrons. The molecule has 1 aliphatic rings. The van der Waals surface area contributed by atoms with E-state index in [1.165, 1.54) is 43.5 Å². The maximum atomic E-state index is 12.2. The molecule has 1 unspecified atom stereocenters. The monoisotopic (exact) mass is 410 g/mol. The molecule has 1 saturated heterocycles. The van der Waals surface area contributed by atoms with E-state index in [0.717, 1.165) is 19.5 Å². The summed E-state index contributed by atoms with van der Waals surface area (Å²) in [6, 6.07) is 7.61. The number of rotatable bonds is 7. The van der Waals surface area contributed by atoms with Crippen LogP contribution in [0.5, 0.6) is 5.75 Å². The van der Waals surface area contributed by atoms with Crippen LogP contribution < -0.4 is 10.1 Å². The molecule has 1 atom stereocenters. The molecular formula is C20H25F3N4O2. The summed E-state index contributed by atoms with van der Waals surface area (Å²) in [5.74, 6) is 0.0547. The third kappa shape index (κ3) is 6.49. The second kappa shape index (κ2) is 9.30. The number of piperidine rings is 1. The topological polar surface area (TPSA) is 70.2 Å². The number of likely N-dealkylation sites (tertiary alicyclic amines) is 1. The number of alkyl halides is 3. The van der Waals surface area contributed by atoms with E-state index in [9.17, 15) is 18.0 Å². The molecule has 1 fully saturated rings. The van der Waals surface area contributed by atoms with Gasteiger partial charge in [-0.25, -0.2) is 0 Å². The number of aromatic nitrogens is 2. The van der Waals surface area contributed by atoms with E-state index in [1.807, 2.05) is 0 Å². The zero-order valence-corrected chi connectivity index (χ0v) is 16.3.